The summed E-state index contributed by atoms with van der Waals surface area (Å²) in [5.74, 6) is 0. The first-order valence-electron chi connectivity index (χ1n) is 6.32. The van der Waals surface area contributed by atoms with Gasteiger partial charge >= 0.3 is 0 Å². The Morgan fingerprint density at radius 2 is 2.11 bits per heavy atom. The Balaban J connectivity index is 0.00000180. The fourth-order valence-corrected chi connectivity index (χ4v) is 2.53. The molecule has 1 aliphatic heterocycles. The average Bonchev–Trinajstić information content (AvgIpc) is 2.78. The summed E-state index contributed by atoms with van der Waals surface area (Å²) in [6, 6.07) is 7.46. The second kappa shape index (κ2) is 7.43. The van der Waals surface area contributed by atoms with Gasteiger partial charge in [-0.25, -0.2) is 0 Å². The summed E-state index contributed by atoms with van der Waals surface area (Å²) in [6.07, 6.45) is 2.47. The molecule has 1 atom stereocenters. The zero-order valence-corrected chi connectivity index (χ0v) is 11.9. The highest BCUT2D eigenvalue weighted by Crippen LogP contribution is 2.20. The number of nitro benzene ring substituents is 1. The molecule has 1 saturated heterocycles. The molecule has 1 aromatic rings. The third kappa shape index (κ3) is 4.16. The molecule has 6 heteroatoms. The van der Waals surface area contributed by atoms with Crippen LogP contribution in [-0.2, 0) is 6.54 Å². The van der Waals surface area contributed by atoms with Gasteiger partial charge in [-0.15, -0.1) is 12.4 Å². The zero-order valence-electron chi connectivity index (χ0n) is 11.0. The summed E-state index contributed by atoms with van der Waals surface area (Å²) < 4.78 is 0. The van der Waals surface area contributed by atoms with Gasteiger partial charge in [0.05, 0.1) is 4.92 Å². The standard InChI is InChI=1S/C13H19N3O2.ClH/c1-14-9-13-3-2-8-15(13)10-11-4-6-12(7-5-11)16(17)18;/h4-7,13-14H,2-3,8-10H2,1H3;1H. The molecule has 1 unspecified atom stereocenters. The quantitative estimate of drug-likeness (QED) is 0.666. The van der Waals surface area contributed by atoms with Crippen molar-refractivity contribution in [3.8, 4) is 0 Å². The van der Waals surface area contributed by atoms with E-state index in [1.54, 1.807) is 12.1 Å². The molecule has 0 spiro atoms. The topological polar surface area (TPSA) is 58.4 Å². The maximum absolute atomic E-state index is 10.6. The molecule has 1 aromatic carbocycles. The molecule has 0 bridgehead atoms. The van der Waals surface area contributed by atoms with Crippen molar-refractivity contribution in [1.29, 1.82) is 0 Å². The molecule has 1 aliphatic rings. The van der Waals surface area contributed by atoms with Crippen molar-refractivity contribution >= 4 is 18.1 Å². The lowest BCUT2D eigenvalue weighted by Crippen LogP contribution is -2.36. The highest BCUT2D eigenvalue weighted by molar-refractivity contribution is 5.85. The van der Waals surface area contributed by atoms with Gasteiger partial charge in [-0.05, 0) is 32.0 Å². The van der Waals surface area contributed by atoms with E-state index in [-0.39, 0.29) is 23.0 Å². The summed E-state index contributed by atoms with van der Waals surface area (Å²) in [5.41, 5.74) is 1.30. The number of hydrogen-bond donors (Lipinski definition) is 1. The van der Waals surface area contributed by atoms with Gasteiger partial charge in [-0.3, -0.25) is 15.0 Å². The molecule has 0 saturated carbocycles. The van der Waals surface area contributed by atoms with Crippen molar-refractivity contribution in [2.24, 2.45) is 0 Å². The van der Waals surface area contributed by atoms with Crippen LogP contribution >= 0.6 is 12.4 Å². The van der Waals surface area contributed by atoms with Gasteiger partial charge in [-0.2, -0.15) is 0 Å². The fourth-order valence-electron chi connectivity index (χ4n) is 2.53. The number of rotatable bonds is 5. The molecular weight excluding hydrogens is 266 g/mol. The second-order valence-electron chi connectivity index (χ2n) is 4.75. The smallest absolute Gasteiger partial charge is 0.269 e. The van der Waals surface area contributed by atoms with E-state index in [4.69, 9.17) is 0 Å². The Kier molecular flexibility index (Phi) is 6.21. The molecule has 1 fully saturated rings. The Morgan fingerprint density at radius 1 is 1.42 bits per heavy atom. The normalized spacial score (nSPS) is 19.1. The van der Waals surface area contributed by atoms with Crippen LogP contribution in [0.1, 0.15) is 18.4 Å². The number of likely N-dealkylation sites (N-methyl/N-ethyl adjacent to an activating group) is 1. The number of nitro groups is 1. The molecule has 0 aromatic heterocycles. The monoisotopic (exact) mass is 285 g/mol. The minimum atomic E-state index is -0.358. The number of nitrogens with zero attached hydrogens (tertiary/aromatic N) is 2. The van der Waals surface area contributed by atoms with E-state index in [1.165, 1.54) is 12.8 Å². The number of hydrogen-bond acceptors (Lipinski definition) is 4. The van der Waals surface area contributed by atoms with Crippen LogP contribution in [0.3, 0.4) is 0 Å². The van der Waals surface area contributed by atoms with Crippen LogP contribution in [0.15, 0.2) is 24.3 Å². The summed E-state index contributed by atoms with van der Waals surface area (Å²) in [4.78, 5) is 12.7. The van der Waals surface area contributed by atoms with Gasteiger partial charge in [0.1, 0.15) is 0 Å². The van der Waals surface area contributed by atoms with Crippen molar-refractivity contribution in [3.05, 3.63) is 39.9 Å². The lowest BCUT2D eigenvalue weighted by atomic mass is 10.1. The van der Waals surface area contributed by atoms with Crippen LogP contribution < -0.4 is 5.32 Å². The van der Waals surface area contributed by atoms with Gasteiger partial charge in [0.25, 0.3) is 5.69 Å². The average molecular weight is 286 g/mol. The predicted octanol–water partition coefficient (Wildman–Crippen LogP) is 2.20. The van der Waals surface area contributed by atoms with Crippen molar-refractivity contribution in [2.45, 2.75) is 25.4 Å². The molecule has 19 heavy (non-hydrogen) atoms. The summed E-state index contributed by atoms with van der Waals surface area (Å²) in [5, 5.41) is 13.8. The Bertz CT molecular complexity index is 411. The summed E-state index contributed by atoms with van der Waals surface area (Å²) >= 11 is 0. The van der Waals surface area contributed by atoms with Crippen LogP contribution in [-0.4, -0.2) is 36.0 Å². The highest BCUT2D eigenvalue weighted by Gasteiger charge is 2.23. The first kappa shape index (κ1) is 15.9. The Hall–Kier alpha value is -1.17. The van der Waals surface area contributed by atoms with E-state index >= 15 is 0 Å². The van der Waals surface area contributed by atoms with Crippen LogP contribution in [0.5, 0.6) is 0 Å². The first-order valence-corrected chi connectivity index (χ1v) is 6.32. The van der Waals surface area contributed by atoms with Gasteiger partial charge in [0, 0.05) is 31.3 Å². The van der Waals surface area contributed by atoms with E-state index in [2.05, 4.69) is 10.2 Å². The number of non-ortho nitro benzene ring substituents is 1. The number of likely N-dealkylation sites (tertiary alicyclic amines) is 1. The van der Waals surface area contributed by atoms with Crippen molar-refractivity contribution in [3.63, 3.8) is 0 Å². The van der Waals surface area contributed by atoms with Crippen LogP contribution in [0, 0.1) is 10.1 Å². The Morgan fingerprint density at radius 3 is 2.68 bits per heavy atom. The molecule has 0 radical (unpaired) electrons. The molecular formula is C13H20ClN3O2. The van der Waals surface area contributed by atoms with Crippen LogP contribution in [0.2, 0.25) is 0 Å². The minimum absolute atomic E-state index is 0. The summed E-state index contributed by atoms with van der Waals surface area (Å²) in [7, 11) is 1.97. The van der Waals surface area contributed by atoms with Crippen molar-refractivity contribution < 1.29 is 4.92 Å². The fraction of sp³-hybridized carbons (Fsp3) is 0.538. The van der Waals surface area contributed by atoms with Crippen LogP contribution in [0.4, 0.5) is 5.69 Å². The van der Waals surface area contributed by atoms with Crippen molar-refractivity contribution in [1.82, 2.24) is 10.2 Å². The molecule has 1 N–H and O–H groups in total. The number of halogens is 1. The first-order chi connectivity index (χ1) is 8.70. The molecule has 0 aliphatic carbocycles. The van der Waals surface area contributed by atoms with Crippen LogP contribution in [0.25, 0.3) is 0 Å². The molecule has 0 amide bonds. The van der Waals surface area contributed by atoms with Gasteiger partial charge < -0.3 is 5.32 Å². The number of benzene rings is 1. The highest BCUT2D eigenvalue weighted by atomic mass is 35.5. The van der Waals surface area contributed by atoms with Crippen molar-refractivity contribution in [2.75, 3.05) is 20.1 Å². The maximum Gasteiger partial charge on any atom is 0.269 e. The van der Waals surface area contributed by atoms with E-state index < -0.39 is 0 Å². The van der Waals surface area contributed by atoms with Gasteiger partial charge in [-0.1, -0.05) is 12.1 Å². The molecule has 2 rings (SSSR count). The van der Waals surface area contributed by atoms with E-state index in [0.717, 1.165) is 25.2 Å². The van der Waals surface area contributed by atoms with Gasteiger partial charge in [0.15, 0.2) is 0 Å². The SMILES string of the molecule is CNCC1CCCN1Cc1ccc([N+](=O)[O-])cc1.Cl. The van der Waals surface area contributed by atoms with E-state index in [1.807, 2.05) is 19.2 Å². The predicted molar refractivity (Wildman–Crippen MR) is 77.7 cm³/mol. The summed E-state index contributed by atoms with van der Waals surface area (Å²) in [6.45, 7) is 3.00. The van der Waals surface area contributed by atoms with E-state index in [9.17, 15) is 10.1 Å². The number of nitrogens with one attached hydrogen (secondary N) is 1. The van der Waals surface area contributed by atoms with E-state index in [0.29, 0.717) is 6.04 Å². The second-order valence-corrected chi connectivity index (χ2v) is 4.75. The molecule has 1 heterocycles. The molecule has 106 valence electrons. The largest absolute Gasteiger partial charge is 0.318 e. The minimum Gasteiger partial charge on any atom is -0.318 e. The third-order valence-corrected chi connectivity index (χ3v) is 3.47. The lowest BCUT2D eigenvalue weighted by Gasteiger charge is -2.24. The third-order valence-electron chi connectivity index (χ3n) is 3.47. The van der Waals surface area contributed by atoms with Gasteiger partial charge in [0.2, 0.25) is 0 Å². The Labute approximate surface area is 119 Å². The maximum atomic E-state index is 10.6. The zero-order chi connectivity index (χ0) is 13.0. The lowest BCUT2D eigenvalue weighted by molar-refractivity contribution is -0.384. The molecule has 5 nitrogen and oxygen atoms in total.